The summed E-state index contributed by atoms with van der Waals surface area (Å²) in [6.07, 6.45) is 4.07. The summed E-state index contributed by atoms with van der Waals surface area (Å²) in [6.45, 7) is 12.3. The Bertz CT molecular complexity index is 676. The molecular weight excluding hydrogens is 324 g/mol. The van der Waals surface area contributed by atoms with Crippen molar-refractivity contribution in [2.24, 2.45) is 0 Å². The fourth-order valence-corrected chi connectivity index (χ4v) is 3.40. The monoisotopic (exact) mass is 354 g/mol. The molecule has 0 aliphatic carbocycles. The van der Waals surface area contributed by atoms with Gasteiger partial charge in [0.25, 0.3) is 0 Å². The minimum atomic E-state index is 0.871. The van der Waals surface area contributed by atoms with E-state index in [-0.39, 0.29) is 0 Å². The van der Waals surface area contributed by atoms with Crippen LogP contribution >= 0.6 is 0 Å². The van der Waals surface area contributed by atoms with E-state index in [1.165, 1.54) is 0 Å². The van der Waals surface area contributed by atoms with Gasteiger partial charge in [0, 0.05) is 57.2 Å². The lowest BCUT2D eigenvalue weighted by molar-refractivity contribution is 0.638. The highest BCUT2D eigenvalue weighted by atomic mass is 15.3. The predicted molar refractivity (Wildman–Crippen MR) is 108 cm³/mol. The normalized spacial score (nSPS) is 14.6. The van der Waals surface area contributed by atoms with Crippen molar-refractivity contribution in [1.29, 1.82) is 0 Å². The Morgan fingerprint density at radius 2 is 1.58 bits per heavy atom. The van der Waals surface area contributed by atoms with Crippen LogP contribution in [0.4, 0.5) is 17.6 Å². The van der Waals surface area contributed by atoms with Gasteiger partial charge in [-0.2, -0.15) is 4.98 Å². The van der Waals surface area contributed by atoms with Gasteiger partial charge in [0.05, 0.1) is 0 Å². The van der Waals surface area contributed by atoms with E-state index in [1.54, 1.807) is 0 Å². The quantitative estimate of drug-likeness (QED) is 0.761. The van der Waals surface area contributed by atoms with Crippen LogP contribution in [0.3, 0.4) is 0 Å². The minimum Gasteiger partial charge on any atom is -0.353 e. The van der Waals surface area contributed by atoms with Gasteiger partial charge >= 0.3 is 0 Å². The van der Waals surface area contributed by atoms with Gasteiger partial charge in [-0.15, -0.1) is 0 Å². The number of piperazine rings is 1. The molecule has 0 unspecified atom stereocenters. The van der Waals surface area contributed by atoms with Crippen LogP contribution in [0.15, 0.2) is 30.5 Å². The van der Waals surface area contributed by atoms with Crippen molar-refractivity contribution in [3.05, 3.63) is 36.2 Å². The smallest absolute Gasteiger partial charge is 0.227 e. The highest BCUT2D eigenvalue weighted by molar-refractivity contribution is 5.48. The second-order valence-electron chi connectivity index (χ2n) is 6.82. The summed E-state index contributed by atoms with van der Waals surface area (Å²) < 4.78 is 0. The Labute approximate surface area is 156 Å². The fraction of sp³-hybridized carbons (Fsp3) is 0.550. The minimum absolute atomic E-state index is 0.871. The van der Waals surface area contributed by atoms with Crippen molar-refractivity contribution in [2.75, 3.05) is 54.0 Å². The van der Waals surface area contributed by atoms with Crippen molar-refractivity contribution >= 4 is 17.6 Å². The van der Waals surface area contributed by atoms with Gasteiger partial charge in [-0.05, 0) is 31.9 Å². The molecule has 1 fully saturated rings. The molecule has 0 saturated carbocycles. The number of aryl methyl sites for hydroxylation is 1. The molecule has 6 nitrogen and oxygen atoms in total. The summed E-state index contributed by atoms with van der Waals surface area (Å²) in [6, 6.07) is 8.19. The topological polar surface area (TPSA) is 48.4 Å². The van der Waals surface area contributed by atoms with E-state index in [0.717, 1.165) is 75.4 Å². The maximum Gasteiger partial charge on any atom is 0.227 e. The van der Waals surface area contributed by atoms with Crippen LogP contribution < -0.4 is 14.7 Å². The highest BCUT2D eigenvalue weighted by Gasteiger charge is 2.20. The Balaban J connectivity index is 1.72. The molecule has 2 aromatic heterocycles. The van der Waals surface area contributed by atoms with Crippen LogP contribution in [0.1, 0.15) is 32.4 Å². The predicted octanol–water partition coefficient (Wildman–Crippen LogP) is 3.13. The van der Waals surface area contributed by atoms with Gasteiger partial charge in [0.1, 0.15) is 11.6 Å². The summed E-state index contributed by atoms with van der Waals surface area (Å²) in [5, 5.41) is 0. The molecule has 0 aromatic carbocycles. The second kappa shape index (κ2) is 8.83. The van der Waals surface area contributed by atoms with Crippen LogP contribution in [0.25, 0.3) is 0 Å². The molecule has 6 heteroatoms. The molecule has 0 bridgehead atoms. The van der Waals surface area contributed by atoms with Gasteiger partial charge in [0.15, 0.2) is 0 Å². The molecule has 1 aliphatic heterocycles. The van der Waals surface area contributed by atoms with E-state index in [2.05, 4.69) is 52.6 Å². The molecule has 0 spiro atoms. The zero-order valence-corrected chi connectivity index (χ0v) is 16.2. The van der Waals surface area contributed by atoms with Gasteiger partial charge in [-0.25, -0.2) is 9.97 Å². The third-order valence-electron chi connectivity index (χ3n) is 4.68. The van der Waals surface area contributed by atoms with Crippen LogP contribution in [-0.4, -0.2) is 54.2 Å². The Hall–Kier alpha value is -2.37. The Kier molecular flexibility index (Phi) is 6.26. The molecule has 2 aromatic rings. The lowest BCUT2D eigenvalue weighted by Gasteiger charge is -2.36. The molecule has 3 heterocycles. The number of nitrogens with zero attached hydrogens (tertiary/aromatic N) is 6. The van der Waals surface area contributed by atoms with Crippen molar-refractivity contribution < 1.29 is 0 Å². The lowest BCUT2D eigenvalue weighted by Crippen LogP contribution is -2.47. The van der Waals surface area contributed by atoms with Gasteiger partial charge in [-0.3, -0.25) is 0 Å². The maximum atomic E-state index is 4.90. The SMILES string of the molecule is CCCN(CCC)c1nc(C)cc(N2CCN(c3ccccn3)CC2)n1. The molecule has 26 heavy (non-hydrogen) atoms. The van der Waals surface area contributed by atoms with E-state index < -0.39 is 0 Å². The van der Waals surface area contributed by atoms with Gasteiger partial charge in [0.2, 0.25) is 5.95 Å². The molecule has 0 atom stereocenters. The number of rotatable bonds is 7. The van der Waals surface area contributed by atoms with E-state index in [4.69, 9.17) is 9.97 Å². The van der Waals surface area contributed by atoms with E-state index in [1.807, 2.05) is 18.3 Å². The summed E-state index contributed by atoms with van der Waals surface area (Å²) in [7, 11) is 0. The van der Waals surface area contributed by atoms with Crippen LogP contribution in [0.2, 0.25) is 0 Å². The lowest BCUT2D eigenvalue weighted by atomic mass is 10.3. The zero-order chi connectivity index (χ0) is 18.4. The van der Waals surface area contributed by atoms with Gasteiger partial charge < -0.3 is 14.7 Å². The number of hydrogen-bond donors (Lipinski definition) is 0. The number of anilines is 3. The van der Waals surface area contributed by atoms with Crippen LogP contribution in [-0.2, 0) is 0 Å². The Morgan fingerprint density at radius 3 is 2.15 bits per heavy atom. The summed E-state index contributed by atoms with van der Waals surface area (Å²) in [5.41, 5.74) is 1.04. The average Bonchev–Trinajstić information content (AvgIpc) is 2.68. The zero-order valence-electron chi connectivity index (χ0n) is 16.2. The first-order valence-corrected chi connectivity index (χ1v) is 9.72. The largest absolute Gasteiger partial charge is 0.353 e. The first-order chi connectivity index (χ1) is 12.7. The third kappa shape index (κ3) is 4.42. The summed E-state index contributed by atoms with van der Waals surface area (Å²) in [5.74, 6) is 2.98. The molecular formula is C20H30N6. The first-order valence-electron chi connectivity index (χ1n) is 9.72. The third-order valence-corrected chi connectivity index (χ3v) is 4.68. The highest BCUT2D eigenvalue weighted by Crippen LogP contribution is 2.21. The second-order valence-corrected chi connectivity index (χ2v) is 6.82. The van der Waals surface area contributed by atoms with Crippen LogP contribution in [0.5, 0.6) is 0 Å². The summed E-state index contributed by atoms with van der Waals surface area (Å²) >= 11 is 0. The molecule has 1 saturated heterocycles. The maximum absolute atomic E-state index is 4.90. The standard InChI is InChI=1S/C20H30N6/c1-4-10-26(11-5-2)20-22-17(3)16-19(23-20)25-14-12-24(13-15-25)18-8-6-7-9-21-18/h6-9,16H,4-5,10-15H2,1-3H3. The summed E-state index contributed by atoms with van der Waals surface area (Å²) in [4.78, 5) is 21.1. The number of pyridine rings is 1. The Morgan fingerprint density at radius 1 is 0.923 bits per heavy atom. The van der Waals surface area contributed by atoms with Crippen molar-refractivity contribution in [1.82, 2.24) is 15.0 Å². The van der Waals surface area contributed by atoms with Crippen molar-refractivity contribution in [3.8, 4) is 0 Å². The number of aromatic nitrogens is 3. The number of hydrogen-bond acceptors (Lipinski definition) is 6. The molecule has 0 amide bonds. The van der Waals surface area contributed by atoms with E-state index in [0.29, 0.717) is 0 Å². The van der Waals surface area contributed by atoms with E-state index >= 15 is 0 Å². The van der Waals surface area contributed by atoms with E-state index in [9.17, 15) is 0 Å². The molecule has 0 N–H and O–H groups in total. The van der Waals surface area contributed by atoms with Crippen molar-refractivity contribution in [2.45, 2.75) is 33.6 Å². The van der Waals surface area contributed by atoms with Crippen LogP contribution in [0, 0.1) is 6.92 Å². The average molecular weight is 355 g/mol. The van der Waals surface area contributed by atoms with Gasteiger partial charge in [-0.1, -0.05) is 19.9 Å². The molecule has 1 aliphatic rings. The van der Waals surface area contributed by atoms with Crippen molar-refractivity contribution in [3.63, 3.8) is 0 Å². The molecule has 140 valence electrons. The molecule has 3 rings (SSSR count). The first kappa shape index (κ1) is 18.4. The molecule has 0 radical (unpaired) electrons. The fourth-order valence-electron chi connectivity index (χ4n) is 3.40.